The zero-order valence-electron chi connectivity index (χ0n) is 17.9. The zero-order valence-corrected chi connectivity index (χ0v) is 20.2. The Hall–Kier alpha value is -2.93. The molecule has 8 heteroatoms. The van der Waals surface area contributed by atoms with E-state index in [4.69, 9.17) is 35.4 Å². The van der Waals surface area contributed by atoms with Crippen molar-refractivity contribution >= 4 is 64.0 Å². The third-order valence-corrected chi connectivity index (χ3v) is 5.62. The molecule has 0 saturated carbocycles. The van der Waals surface area contributed by atoms with Crippen LogP contribution in [0.4, 0.5) is 11.4 Å². The Labute approximate surface area is 209 Å². The van der Waals surface area contributed by atoms with Crippen LogP contribution in [0.5, 0.6) is 0 Å². The van der Waals surface area contributed by atoms with E-state index in [-0.39, 0.29) is 5.91 Å². The molecule has 0 aliphatic rings. The summed E-state index contributed by atoms with van der Waals surface area (Å²) in [6, 6.07) is 22.9. The molecule has 0 atom stereocenters. The van der Waals surface area contributed by atoms with Gasteiger partial charge in [0.25, 0.3) is 0 Å². The van der Waals surface area contributed by atoms with Crippen molar-refractivity contribution < 1.29 is 4.79 Å². The van der Waals surface area contributed by atoms with Crippen molar-refractivity contribution in [1.82, 2.24) is 5.43 Å². The molecular weight excluding hydrogens is 475 g/mol. The first kappa shape index (κ1) is 24.7. The Morgan fingerprint density at radius 1 is 0.879 bits per heavy atom. The van der Waals surface area contributed by atoms with Crippen LogP contribution in [0.15, 0.2) is 77.9 Å². The van der Waals surface area contributed by atoms with Crippen molar-refractivity contribution in [3.05, 3.63) is 94.0 Å². The highest BCUT2D eigenvalue weighted by Gasteiger charge is 2.04. The predicted molar refractivity (Wildman–Crippen MR) is 142 cm³/mol. The lowest BCUT2D eigenvalue weighted by Gasteiger charge is -2.08. The van der Waals surface area contributed by atoms with E-state index in [1.807, 2.05) is 42.5 Å². The highest BCUT2D eigenvalue weighted by Crippen LogP contribution is 2.24. The molecule has 0 bridgehead atoms. The van der Waals surface area contributed by atoms with Crippen molar-refractivity contribution in [1.29, 1.82) is 0 Å². The third-order valence-electron chi connectivity index (χ3n) is 4.69. The fourth-order valence-electron chi connectivity index (χ4n) is 3.08. The number of unbranched alkanes of at least 4 members (excludes halogenated alkanes) is 1. The Balaban J connectivity index is 1.41. The number of hydrogen-bond acceptors (Lipinski definition) is 3. The van der Waals surface area contributed by atoms with Crippen molar-refractivity contribution in [3.8, 4) is 0 Å². The summed E-state index contributed by atoms with van der Waals surface area (Å²) in [6.45, 7) is 0. The number of rotatable bonds is 9. The lowest BCUT2D eigenvalue weighted by atomic mass is 10.1. The minimum atomic E-state index is 0.00211. The molecule has 0 radical (unpaired) electrons. The van der Waals surface area contributed by atoms with Crippen molar-refractivity contribution in [2.75, 3.05) is 10.6 Å². The molecule has 0 heterocycles. The lowest BCUT2D eigenvalue weighted by Crippen LogP contribution is -2.23. The second-order valence-corrected chi connectivity index (χ2v) is 8.54. The highest BCUT2D eigenvalue weighted by molar-refractivity contribution is 7.80. The molecule has 0 aromatic heterocycles. The van der Waals surface area contributed by atoms with Crippen LogP contribution in [0, 0.1) is 0 Å². The Kier molecular flexibility index (Phi) is 9.69. The summed E-state index contributed by atoms with van der Waals surface area (Å²) in [5, 5.41) is 11.3. The predicted octanol–water partition coefficient (Wildman–Crippen LogP) is 6.67. The van der Waals surface area contributed by atoms with Gasteiger partial charge in [0.15, 0.2) is 5.11 Å². The molecule has 33 heavy (non-hydrogen) atoms. The monoisotopic (exact) mass is 498 g/mol. The SMILES string of the molecule is O=C(CCCCc1ccccc1)Nc1cccc(C=NNC(=S)Nc2ccc(Cl)c(Cl)c2)c1. The molecule has 0 fully saturated rings. The number of aryl methyl sites for hydroxylation is 1. The van der Waals surface area contributed by atoms with E-state index in [1.54, 1.807) is 24.4 Å². The first-order valence-electron chi connectivity index (χ1n) is 10.5. The molecular formula is C25H24Cl2N4OS. The van der Waals surface area contributed by atoms with E-state index < -0.39 is 0 Å². The molecule has 3 aromatic rings. The van der Waals surface area contributed by atoms with E-state index >= 15 is 0 Å². The number of thiocarbonyl (C=S) groups is 1. The second kappa shape index (κ2) is 12.9. The summed E-state index contributed by atoms with van der Waals surface area (Å²) in [6.07, 6.45) is 4.91. The topological polar surface area (TPSA) is 65.5 Å². The number of nitrogens with one attached hydrogen (secondary N) is 3. The van der Waals surface area contributed by atoms with Gasteiger partial charge in [-0.05, 0) is 72.9 Å². The van der Waals surface area contributed by atoms with Gasteiger partial charge in [-0.3, -0.25) is 10.2 Å². The Bertz CT molecular complexity index is 1120. The average Bonchev–Trinajstić information content (AvgIpc) is 2.80. The molecule has 0 unspecified atom stereocenters. The molecule has 3 rings (SSSR count). The van der Waals surface area contributed by atoms with Gasteiger partial charge in [0.05, 0.1) is 16.3 Å². The Morgan fingerprint density at radius 3 is 2.45 bits per heavy atom. The van der Waals surface area contributed by atoms with Crippen LogP contribution in [-0.4, -0.2) is 17.2 Å². The molecule has 0 aliphatic heterocycles. The maximum Gasteiger partial charge on any atom is 0.224 e. The smallest absolute Gasteiger partial charge is 0.224 e. The van der Waals surface area contributed by atoms with E-state index in [0.29, 0.717) is 27.3 Å². The zero-order chi connectivity index (χ0) is 23.5. The number of anilines is 2. The van der Waals surface area contributed by atoms with Gasteiger partial charge in [-0.15, -0.1) is 0 Å². The van der Waals surface area contributed by atoms with Gasteiger partial charge in [-0.1, -0.05) is 65.7 Å². The van der Waals surface area contributed by atoms with Crippen LogP contribution in [0.2, 0.25) is 10.0 Å². The summed E-state index contributed by atoms with van der Waals surface area (Å²) in [5.74, 6) is 0.00211. The quantitative estimate of drug-likeness (QED) is 0.133. The van der Waals surface area contributed by atoms with Gasteiger partial charge in [-0.25, -0.2) is 0 Å². The summed E-state index contributed by atoms with van der Waals surface area (Å²) in [4.78, 5) is 12.3. The average molecular weight is 499 g/mol. The maximum absolute atomic E-state index is 12.3. The van der Waals surface area contributed by atoms with Gasteiger partial charge in [0.2, 0.25) is 5.91 Å². The number of carbonyl (C=O) groups is 1. The third kappa shape index (κ3) is 8.85. The number of amides is 1. The molecule has 0 saturated heterocycles. The summed E-state index contributed by atoms with van der Waals surface area (Å²) < 4.78 is 0. The van der Waals surface area contributed by atoms with Crippen molar-refractivity contribution in [2.45, 2.75) is 25.7 Å². The summed E-state index contributed by atoms with van der Waals surface area (Å²) in [5.41, 5.74) is 6.29. The molecule has 3 aromatic carbocycles. The summed E-state index contributed by atoms with van der Waals surface area (Å²) in [7, 11) is 0. The van der Waals surface area contributed by atoms with Gasteiger partial charge in [-0.2, -0.15) is 5.10 Å². The van der Waals surface area contributed by atoms with Gasteiger partial charge >= 0.3 is 0 Å². The lowest BCUT2D eigenvalue weighted by molar-refractivity contribution is -0.116. The normalized spacial score (nSPS) is 10.7. The number of hydrazone groups is 1. The highest BCUT2D eigenvalue weighted by atomic mass is 35.5. The number of nitrogens with zero attached hydrogens (tertiary/aromatic N) is 1. The Morgan fingerprint density at radius 2 is 1.67 bits per heavy atom. The molecule has 1 amide bonds. The maximum atomic E-state index is 12.3. The minimum absolute atomic E-state index is 0.00211. The minimum Gasteiger partial charge on any atom is -0.331 e. The second-order valence-electron chi connectivity index (χ2n) is 7.32. The van der Waals surface area contributed by atoms with Gasteiger partial charge in [0.1, 0.15) is 0 Å². The van der Waals surface area contributed by atoms with E-state index in [1.165, 1.54) is 5.56 Å². The van der Waals surface area contributed by atoms with Crippen molar-refractivity contribution in [3.63, 3.8) is 0 Å². The number of benzene rings is 3. The van der Waals surface area contributed by atoms with Crippen LogP contribution in [0.25, 0.3) is 0 Å². The number of halogens is 2. The van der Waals surface area contributed by atoms with Gasteiger partial charge in [0, 0.05) is 17.8 Å². The van der Waals surface area contributed by atoms with Gasteiger partial charge < -0.3 is 10.6 Å². The van der Waals surface area contributed by atoms with Crippen LogP contribution < -0.4 is 16.1 Å². The fourth-order valence-corrected chi connectivity index (χ4v) is 3.55. The first-order chi connectivity index (χ1) is 16.0. The van der Waals surface area contributed by atoms with Crippen LogP contribution in [0.1, 0.15) is 30.4 Å². The van der Waals surface area contributed by atoms with Crippen LogP contribution >= 0.6 is 35.4 Å². The number of hydrogen-bond donors (Lipinski definition) is 3. The molecule has 0 aliphatic carbocycles. The van der Waals surface area contributed by atoms with Crippen molar-refractivity contribution in [2.24, 2.45) is 5.10 Å². The first-order valence-corrected chi connectivity index (χ1v) is 11.6. The van der Waals surface area contributed by atoms with E-state index in [9.17, 15) is 4.79 Å². The summed E-state index contributed by atoms with van der Waals surface area (Å²) >= 11 is 17.1. The van der Waals surface area contributed by atoms with Crippen LogP contribution in [-0.2, 0) is 11.2 Å². The molecule has 0 spiro atoms. The molecule has 5 nitrogen and oxygen atoms in total. The molecule has 170 valence electrons. The fraction of sp³-hybridized carbons (Fsp3) is 0.160. The molecule has 3 N–H and O–H groups in total. The van der Waals surface area contributed by atoms with E-state index in [2.05, 4.69) is 33.3 Å². The van der Waals surface area contributed by atoms with Crippen LogP contribution in [0.3, 0.4) is 0 Å². The van der Waals surface area contributed by atoms with E-state index in [0.717, 1.165) is 30.5 Å². The standard InChI is InChI=1S/C25H24Cl2N4OS/c26-22-14-13-21(16-23(22)27)30-25(33)31-28-17-19-10-6-11-20(15-19)29-24(32)12-5-4-9-18-7-2-1-3-8-18/h1-3,6-8,10-11,13-17H,4-5,9,12H2,(H,29,32)(H2,30,31,33). The largest absolute Gasteiger partial charge is 0.331 e. The number of carbonyl (C=O) groups excluding carboxylic acids is 1.